The first-order valence-electron chi connectivity index (χ1n) is 6.91. The molecule has 0 heterocycles. The number of thioether (sulfide) groups is 1. The van der Waals surface area contributed by atoms with Crippen LogP contribution in [0.15, 0.2) is 48.5 Å². The average molecular weight is 338 g/mol. The van der Waals surface area contributed by atoms with Crippen LogP contribution in [0, 0.1) is 5.82 Å². The van der Waals surface area contributed by atoms with Gasteiger partial charge in [-0.3, -0.25) is 4.79 Å². The van der Waals surface area contributed by atoms with Gasteiger partial charge in [-0.25, -0.2) is 4.39 Å². The molecule has 1 amide bonds. The summed E-state index contributed by atoms with van der Waals surface area (Å²) in [5.74, 6) is 0.792. The zero-order chi connectivity index (χ0) is 15.9. The molecule has 5 heteroatoms. The van der Waals surface area contributed by atoms with Gasteiger partial charge in [0.15, 0.2) is 0 Å². The lowest BCUT2D eigenvalue weighted by Crippen LogP contribution is -2.28. The van der Waals surface area contributed by atoms with Crippen molar-refractivity contribution in [2.45, 2.75) is 18.7 Å². The molecule has 0 radical (unpaired) electrons. The molecule has 0 aliphatic carbocycles. The lowest BCUT2D eigenvalue weighted by Gasteiger charge is -2.14. The third-order valence-electron chi connectivity index (χ3n) is 3.14. The summed E-state index contributed by atoms with van der Waals surface area (Å²) in [6, 6.07) is 13.6. The van der Waals surface area contributed by atoms with Crippen molar-refractivity contribution in [1.29, 1.82) is 0 Å². The number of hydrogen-bond donors (Lipinski definition) is 1. The van der Waals surface area contributed by atoms with Crippen molar-refractivity contribution in [1.82, 2.24) is 5.32 Å². The predicted molar refractivity (Wildman–Crippen MR) is 90.6 cm³/mol. The standard InChI is InChI=1S/C17H17ClFNOS/c1-12(14-5-7-16(19)8-6-14)20-17(21)11-22-10-13-3-2-4-15(18)9-13/h2-9,12H,10-11H2,1H3,(H,20,21)/t12-/m0/s1. The largest absolute Gasteiger partial charge is 0.349 e. The summed E-state index contributed by atoms with van der Waals surface area (Å²) < 4.78 is 12.9. The fourth-order valence-electron chi connectivity index (χ4n) is 2.01. The van der Waals surface area contributed by atoms with Gasteiger partial charge < -0.3 is 5.32 Å². The number of carbonyl (C=O) groups is 1. The van der Waals surface area contributed by atoms with Crippen LogP contribution in [0.2, 0.25) is 5.02 Å². The highest BCUT2D eigenvalue weighted by molar-refractivity contribution is 7.99. The van der Waals surface area contributed by atoms with E-state index >= 15 is 0 Å². The second kappa shape index (κ2) is 8.20. The van der Waals surface area contributed by atoms with Crippen molar-refractivity contribution in [2.75, 3.05) is 5.75 Å². The molecule has 0 unspecified atom stereocenters. The smallest absolute Gasteiger partial charge is 0.230 e. The maximum Gasteiger partial charge on any atom is 0.230 e. The first-order chi connectivity index (χ1) is 10.5. The van der Waals surface area contributed by atoms with Gasteiger partial charge >= 0.3 is 0 Å². The third-order valence-corrected chi connectivity index (χ3v) is 4.38. The Hall–Kier alpha value is -1.52. The summed E-state index contributed by atoms with van der Waals surface area (Å²) in [5, 5.41) is 3.61. The van der Waals surface area contributed by atoms with Crippen LogP contribution in [0.25, 0.3) is 0 Å². The Morgan fingerprint density at radius 1 is 1.27 bits per heavy atom. The van der Waals surface area contributed by atoms with Gasteiger partial charge in [-0.1, -0.05) is 35.9 Å². The SMILES string of the molecule is C[C@H](NC(=O)CSCc1cccc(Cl)c1)c1ccc(F)cc1. The molecule has 2 nitrogen and oxygen atoms in total. The van der Waals surface area contributed by atoms with Crippen LogP contribution in [0.4, 0.5) is 4.39 Å². The van der Waals surface area contributed by atoms with E-state index in [4.69, 9.17) is 11.6 Å². The minimum absolute atomic E-state index is 0.0381. The molecule has 1 N–H and O–H groups in total. The molecule has 0 aliphatic rings. The Balaban J connectivity index is 1.76. The Kier molecular flexibility index (Phi) is 6.28. The fraction of sp³-hybridized carbons (Fsp3) is 0.235. The number of amides is 1. The zero-order valence-electron chi connectivity index (χ0n) is 12.2. The van der Waals surface area contributed by atoms with E-state index in [0.717, 1.165) is 16.9 Å². The number of rotatable bonds is 6. The molecule has 0 saturated carbocycles. The number of nitrogens with one attached hydrogen (secondary N) is 1. The van der Waals surface area contributed by atoms with Gasteiger partial charge in [0.05, 0.1) is 11.8 Å². The van der Waals surface area contributed by atoms with E-state index in [0.29, 0.717) is 10.8 Å². The molecule has 0 saturated heterocycles. The molecule has 0 aliphatic heterocycles. The Labute approximate surface area is 139 Å². The Bertz CT molecular complexity index is 633. The first kappa shape index (κ1) is 16.8. The second-order valence-corrected chi connectivity index (χ2v) is 6.39. The highest BCUT2D eigenvalue weighted by Gasteiger charge is 2.09. The number of halogens is 2. The van der Waals surface area contributed by atoms with Crippen molar-refractivity contribution in [3.63, 3.8) is 0 Å². The van der Waals surface area contributed by atoms with Crippen LogP contribution in [-0.4, -0.2) is 11.7 Å². The first-order valence-corrected chi connectivity index (χ1v) is 8.45. The molecule has 116 valence electrons. The van der Waals surface area contributed by atoms with Gasteiger partial charge in [0.25, 0.3) is 0 Å². The van der Waals surface area contributed by atoms with Crippen LogP contribution in [-0.2, 0) is 10.5 Å². The van der Waals surface area contributed by atoms with Crippen LogP contribution in [0.5, 0.6) is 0 Å². The highest BCUT2D eigenvalue weighted by Crippen LogP contribution is 2.17. The molecule has 1 atom stereocenters. The van der Waals surface area contributed by atoms with Gasteiger partial charge in [-0.05, 0) is 42.3 Å². The molecule has 2 aromatic rings. The van der Waals surface area contributed by atoms with Crippen LogP contribution in [0.3, 0.4) is 0 Å². The monoisotopic (exact) mass is 337 g/mol. The van der Waals surface area contributed by atoms with Crippen LogP contribution >= 0.6 is 23.4 Å². The molecular weight excluding hydrogens is 321 g/mol. The quantitative estimate of drug-likeness (QED) is 0.835. The Morgan fingerprint density at radius 3 is 2.68 bits per heavy atom. The van der Waals surface area contributed by atoms with E-state index < -0.39 is 0 Å². The topological polar surface area (TPSA) is 29.1 Å². The molecule has 2 aromatic carbocycles. The lowest BCUT2D eigenvalue weighted by molar-refractivity contribution is -0.119. The minimum Gasteiger partial charge on any atom is -0.349 e. The van der Waals surface area contributed by atoms with Crippen molar-refractivity contribution in [3.05, 3.63) is 70.5 Å². The van der Waals surface area contributed by atoms with E-state index in [9.17, 15) is 9.18 Å². The molecule has 0 bridgehead atoms. The number of carbonyl (C=O) groups excluding carboxylic acids is 1. The van der Waals surface area contributed by atoms with Gasteiger partial charge in [-0.2, -0.15) is 0 Å². The minimum atomic E-state index is -0.278. The fourth-order valence-corrected chi connectivity index (χ4v) is 3.01. The summed E-state index contributed by atoms with van der Waals surface area (Å²) in [6.07, 6.45) is 0. The van der Waals surface area contributed by atoms with Crippen molar-refractivity contribution in [3.8, 4) is 0 Å². The van der Waals surface area contributed by atoms with Gasteiger partial charge in [0.1, 0.15) is 5.82 Å². The highest BCUT2D eigenvalue weighted by atomic mass is 35.5. The molecule has 0 spiro atoms. The average Bonchev–Trinajstić information content (AvgIpc) is 2.48. The number of benzene rings is 2. The summed E-state index contributed by atoms with van der Waals surface area (Å²) in [5.41, 5.74) is 1.98. The molecule has 2 rings (SSSR count). The van der Waals surface area contributed by atoms with Crippen LogP contribution < -0.4 is 5.32 Å². The van der Waals surface area contributed by atoms with Crippen LogP contribution in [0.1, 0.15) is 24.1 Å². The van der Waals surface area contributed by atoms with Crippen molar-refractivity contribution in [2.24, 2.45) is 0 Å². The number of hydrogen-bond acceptors (Lipinski definition) is 2. The zero-order valence-corrected chi connectivity index (χ0v) is 13.8. The normalized spacial score (nSPS) is 12.0. The molecule has 0 fully saturated rings. The van der Waals surface area contributed by atoms with Gasteiger partial charge in [0.2, 0.25) is 5.91 Å². The molecular formula is C17H17ClFNOS. The predicted octanol–water partition coefficient (Wildman–Crippen LogP) is 4.59. The molecule has 0 aromatic heterocycles. The summed E-state index contributed by atoms with van der Waals surface area (Å²) in [4.78, 5) is 11.9. The van der Waals surface area contributed by atoms with E-state index in [1.165, 1.54) is 23.9 Å². The molecule has 22 heavy (non-hydrogen) atoms. The van der Waals surface area contributed by atoms with E-state index in [-0.39, 0.29) is 17.8 Å². The summed E-state index contributed by atoms with van der Waals surface area (Å²) >= 11 is 7.45. The lowest BCUT2D eigenvalue weighted by atomic mass is 10.1. The maximum atomic E-state index is 12.9. The Morgan fingerprint density at radius 2 is 2.00 bits per heavy atom. The van der Waals surface area contributed by atoms with E-state index in [2.05, 4.69) is 5.32 Å². The summed E-state index contributed by atoms with van der Waals surface area (Å²) in [6.45, 7) is 1.88. The van der Waals surface area contributed by atoms with Crippen molar-refractivity contribution >= 4 is 29.3 Å². The van der Waals surface area contributed by atoms with Gasteiger partial charge in [-0.15, -0.1) is 11.8 Å². The summed E-state index contributed by atoms with van der Waals surface area (Å²) in [7, 11) is 0. The van der Waals surface area contributed by atoms with E-state index in [1.54, 1.807) is 12.1 Å². The van der Waals surface area contributed by atoms with Gasteiger partial charge in [0, 0.05) is 10.8 Å². The third kappa shape index (κ3) is 5.35. The second-order valence-electron chi connectivity index (χ2n) is 4.96. The maximum absolute atomic E-state index is 12.9. The van der Waals surface area contributed by atoms with Crippen molar-refractivity contribution < 1.29 is 9.18 Å². The van der Waals surface area contributed by atoms with E-state index in [1.807, 2.05) is 31.2 Å².